The predicted molar refractivity (Wildman–Crippen MR) is 105 cm³/mol. The fourth-order valence-corrected chi connectivity index (χ4v) is 2.49. The number of anilines is 1. The summed E-state index contributed by atoms with van der Waals surface area (Å²) in [6, 6.07) is 11.3. The van der Waals surface area contributed by atoms with E-state index in [0.717, 1.165) is 5.56 Å². The van der Waals surface area contributed by atoms with E-state index in [0.29, 0.717) is 5.75 Å². The van der Waals surface area contributed by atoms with Crippen molar-refractivity contribution in [2.24, 2.45) is 0 Å². The number of methoxy groups -OCH3 is 1. The van der Waals surface area contributed by atoms with E-state index < -0.39 is 23.4 Å². The van der Waals surface area contributed by atoms with Gasteiger partial charge in [0.15, 0.2) is 13.2 Å². The maximum absolute atomic E-state index is 12.0. The minimum absolute atomic E-state index is 0.0287. The molecule has 0 saturated carbocycles. The summed E-state index contributed by atoms with van der Waals surface area (Å²) in [6.07, 6.45) is 0. The summed E-state index contributed by atoms with van der Waals surface area (Å²) < 4.78 is 15.3. The van der Waals surface area contributed by atoms with Gasteiger partial charge in [-0.15, -0.1) is 0 Å². The van der Waals surface area contributed by atoms with Crippen molar-refractivity contribution >= 4 is 23.3 Å². The molecule has 1 amide bonds. The molecule has 2 aromatic carbocycles. The molecule has 0 heterocycles. The highest BCUT2D eigenvalue weighted by Gasteiger charge is 2.18. The van der Waals surface area contributed by atoms with Gasteiger partial charge in [-0.3, -0.25) is 14.9 Å². The number of ether oxygens (including phenoxy) is 3. The summed E-state index contributed by atoms with van der Waals surface area (Å²) in [7, 11) is 1.37. The van der Waals surface area contributed by atoms with Gasteiger partial charge in [0, 0.05) is 0 Å². The molecule has 9 heteroatoms. The van der Waals surface area contributed by atoms with Crippen LogP contribution in [0.2, 0.25) is 0 Å². The van der Waals surface area contributed by atoms with E-state index in [1.807, 2.05) is 26.0 Å². The Hall–Kier alpha value is -3.62. The molecule has 0 aliphatic rings. The Morgan fingerprint density at radius 3 is 2.52 bits per heavy atom. The molecule has 2 aromatic rings. The molecule has 0 fully saturated rings. The summed E-state index contributed by atoms with van der Waals surface area (Å²) in [5.74, 6) is -0.386. The normalized spacial score (nSPS) is 10.3. The monoisotopic (exact) mass is 402 g/mol. The second kappa shape index (κ2) is 10.1. The topological polar surface area (TPSA) is 117 Å². The van der Waals surface area contributed by atoms with E-state index in [1.165, 1.54) is 25.3 Å². The lowest BCUT2D eigenvalue weighted by molar-refractivity contribution is -0.384. The van der Waals surface area contributed by atoms with Gasteiger partial charge in [-0.1, -0.05) is 32.0 Å². The molecular weight excluding hydrogens is 380 g/mol. The Labute approximate surface area is 167 Å². The summed E-state index contributed by atoms with van der Waals surface area (Å²) in [6.45, 7) is 3.04. The second-order valence-electron chi connectivity index (χ2n) is 6.33. The van der Waals surface area contributed by atoms with Crippen LogP contribution in [-0.4, -0.2) is 37.1 Å². The first-order valence-corrected chi connectivity index (χ1v) is 8.81. The number of carbonyl (C=O) groups excluding carboxylic acids is 2. The molecule has 0 aromatic heterocycles. The Morgan fingerprint density at radius 2 is 1.86 bits per heavy atom. The molecule has 0 atom stereocenters. The van der Waals surface area contributed by atoms with Crippen molar-refractivity contribution in [3.05, 3.63) is 58.1 Å². The van der Waals surface area contributed by atoms with Crippen molar-refractivity contribution in [1.82, 2.24) is 0 Å². The van der Waals surface area contributed by atoms with Gasteiger partial charge in [0.1, 0.15) is 17.2 Å². The first-order valence-electron chi connectivity index (χ1n) is 8.81. The van der Waals surface area contributed by atoms with Gasteiger partial charge < -0.3 is 19.5 Å². The van der Waals surface area contributed by atoms with Crippen LogP contribution < -0.4 is 14.8 Å². The molecular formula is C20H22N2O7. The quantitative estimate of drug-likeness (QED) is 0.388. The third kappa shape index (κ3) is 6.20. The number of para-hydroxylation sites is 1. The van der Waals surface area contributed by atoms with Gasteiger partial charge in [0.2, 0.25) is 0 Å². The van der Waals surface area contributed by atoms with Gasteiger partial charge in [0.25, 0.3) is 11.6 Å². The maximum Gasteiger partial charge on any atom is 0.344 e. The molecule has 0 aliphatic carbocycles. The van der Waals surface area contributed by atoms with Crippen LogP contribution in [0.3, 0.4) is 0 Å². The van der Waals surface area contributed by atoms with Crippen LogP contribution >= 0.6 is 0 Å². The van der Waals surface area contributed by atoms with Crippen molar-refractivity contribution in [2.45, 2.75) is 19.8 Å². The van der Waals surface area contributed by atoms with Crippen LogP contribution in [0.5, 0.6) is 11.5 Å². The van der Waals surface area contributed by atoms with E-state index in [1.54, 1.807) is 12.1 Å². The molecule has 0 aliphatic heterocycles. The minimum Gasteiger partial charge on any atom is -0.496 e. The van der Waals surface area contributed by atoms with Crippen LogP contribution in [0.4, 0.5) is 11.4 Å². The van der Waals surface area contributed by atoms with Crippen molar-refractivity contribution in [3.63, 3.8) is 0 Å². The molecule has 2 rings (SSSR count). The molecule has 0 saturated heterocycles. The van der Waals surface area contributed by atoms with Crippen LogP contribution in [0.1, 0.15) is 25.3 Å². The summed E-state index contributed by atoms with van der Waals surface area (Å²) in [4.78, 5) is 34.3. The van der Waals surface area contributed by atoms with E-state index in [4.69, 9.17) is 14.2 Å². The lowest BCUT2D eigenvalue weighted by Gasteiger charge is -2.13. The SMILES string of the molecule is COc1ccc(NC(=O)COC(=O)COc2ccccc2C(C)C)c([N+](=O)[O-])c1. The molecule has 0 unspecified atom stereocenters. The molecule has 1 N–H and O–H groups in total. The summed E-state index contributed by atoms with van der Waals surface area (Å²) >= 11 is 0. The average Bonchev–Trinajstić information content (AvgIpc) is 2.70. The number of nitro benzene ring substituents is 1. The number of nitro groups is 1. The van der Waals surface area contributed by atoms with Crippen molar-refractivity contribution < 1.29 is 28.7 Å². The lowest BCUT2D eigenvalue weighted by atomic mass is 10.0. The van der Waals surface area contributed by atoms with Crippen molar-refractivity contribution in [3.8, 4) is 11.5 Å². The zero-order valence-corrected chi connectivity index (χ0v) is 16.3. The smallest absolute Gasteiger partial charge is 0.344 e. The maximum atomic E-state index is 12.0. The number of nitrogens with one attached hydrogen (secondary N) is 1. The van der Waals surface area contributed by atoms with Crippen LogP contribution in [-0.2, 0) is 14.3 Å². The second-order valence-corrected chi connectivity index (χ2v) is 6.33. The zero-order chi connectivity index (χ0) is 21.4. The average molecular weight is 402 g/mol. The number of hydrogen-bond acceptors (Lipinski definition) is 7. The van der Waals surface area contributed by atoms with Gasteiger partial charge in [-0.25, -0.2) is 4.79 Å². The van der Waals surface area contributed by atoms with E-state index in [9.17, 15) is 19.7 Å². The Kier molecular flexibility index (Phi) is 7.53. The van der Waals surface area contributed by atoms with Crippen LogP contribution in [0.15, 0.2) is 42.5 Å². The Balaban J connectivity index is 1.88. The van der Waals surface area contributed by atoms with E-state index >= 15 is 0 Å². The molecule has 9 nitrogen and oxygen atoms in total. The zero-order valence-electron chi connectivity index (χ0n) is 16.3. The fourth-order valence-electron chi connectivity index (χ4n) is 2.49. The van der Waals surface area contributed by atoms with E-state index in [-0.39, 0.29) is 29.6 Å². The molecule has 0 bridgehead atoms. The standard InChI is InChI=1S/C20H22N2O7/c1-13(2)15-6-4-5-7-18(15)28-12-20(24)29-11-19(23)21-16-9-8-14(27-3)10-17(16)22(25)26/h4-10,13H,11-12H2,1-3H3,(H,21,23). The van der Waals surface area contributed by atoms with Gasteiger partial charge in [-0.05, 0) is 29.7 Å². The van der Waals surface area contributed by atoms with Crippen molar-refractivity contribution in [1.29, 1.82) is 0 Å². The largest absolute Gasteiger partial charge is 0.496 e. The molecule has 29 heavy (non-hydrogen) atoms. The number of rotatable bonds is 9. The highest BCUT2D eigenvalue weighted by molar-refractivity contribution is 5.95. The first-order chi connectivity index (χ1) is 13.8. The first kappa shape index (κ1) is 21.7. The highest BCUT2D eigenvalue weighted by atomic mass is 16.6. The molecule has 0 radical (unpaired) electrons. The minimum atomic E-state index is -0.733. The fraction of sp³-hybridized carbons (Fsp3) is 0.300. The van der Waals surface area contributed by atoms with Gasteiger partial charge in [0.05, 0.1) is 18.1 Å². The van der Waals surface area contributed by atoms with Gasteiger partial charge >= 0.3 is 5.97 Å². The van der Waals surface area contributed by atoms with Crippen molar-refractivity contribution in [2.75, 3.05) is 25.6 Å². The third-order valence-electron chi connectivity index (χ3n) is 3.93. The van der Waals surface area contributed by atoms with E-state index in [2.05, 4.69) is 5.32 Å². The number of hydrogen-bond donors (Lipinski definition) is 1. The van der Waals surface area contributed by atoms with Gasteiger partial charge in [-0.2, -0.15) is 0 Å². The molecule has 0 spiro atoms. The van der Waals surface area contributed by atoms with Crippen LogP contribution in [0.25, 0.3) is 0 Å². The molecule has 154 valence electrons. The number of carbonyl (C=O) groups is 2. The number of amides is 1. The Bertz CT molecular complexity index is 896. The summed E-state index contributed by atoms with van der Waals surface area (Å²) in [5, 5.41) is 13.5. The predicted octanol–water partition coefficient (Wildman–Crippen LogP) is 3.29. The highest BCUT2D eigenvalue weighted by Crippen LogP contribution is 2.29. The third-order valence-corrected chi connectivity index (χ3v) is 3.93. The number of esters is 1. The van der Waals surface area contributed by atoms with Crippen LogP contribution in [0, 0.1) is 10.1 Å². The lowest BCUT2D eigenvalue weighted by Crippen LogP contribution is -2.24. The number of benzene rings is 2. The summed E-state index contributed by atoms with van der Waals surface area (Å²) in [5.41, 5.74) is 0.585. The number of nitrogens with zero attached hydrogens (tertiary/aromatic N) is 1. The Morgan fingerprint density at radius 1 is 1.14 bits per heavy atom.